The molecule has 0 aromatic heterocycles. The lowest BCUT2D eigenvalue weighted by Gasteiger charge is -2.18. The number of nitrogens with one attached hydrogen (secondary N) is 6. The lowest BCUT2D eigenvalue weighted by Crippen LogP contribution is -2.47. The highest BCUT2D eigenvalue weighted by Crippen LogP contribution is 2.23. The van der Waals surface area contributed by atoms with Gasteiger partial charge in [0, 0.05) is 24.2 Å². The molecule has 0 saturated heterocycles. The highest BCUT2D eigenvalue weighted by molar-refractivity contribution is 7.89. The predicted octanol–water partition coefficient (Wildman–Crippen LogP) is 2.97. The summed E-state index contributed by atoms with van der Waals surface area (Å²) in [5.74, 6) is -3.44. The Morgan fingerprint density at radius 2 is 0.810 bits per heavy atom. The predicted molar refractivity (Wildman–Crippen MR) is 212 cm³/mol. The lowest BCUT2D eigenvalue weighted by molar-refractivity contribution is -0.131. The van der Waals surface area contributed by atoms with E-state index in [1.165, 1.54) is 59.5 Å². The molecule has 4 amide bonds. The van der Waals surface area contributed by atoms with E-state index < -0.39 is 55.8 Å². The third kappa shape index (κ3) is 11.4. The van der Waals surface area contributed by atoms with Gasteiger partial charge in [0.2, 0.25) is 20.0 Å². The second-order valence-corrected chi connectivity index (χ2v) is 16.2. The van der Waals surface area contributed by atoms with Crippen molar-refractivity contribution in [2.75, 3.05) is 13.1 Å². The van der Waals surface area contributed by atoms with Gasteiger partial charge in [0.15, 0.2) is 0 Å². The Morgan fingerprint density at radius 1 is 0.466 bits per heavy atom. The average molecular weight is 829 g/mol. The minimum atomic E-state index is -4.23. The van der Waals surface area contributed by atoms with E-state index in [0.29, 0.717) is 0 Å². The van der Waals surface area contributed by atoms with Gasteiger partial charge in [-0.05, 0) is 77.6 Å². The van der Waals surface area contributed by atoms with Crippen LogP contribution in [0, 0.1) is 0 Å². The molecule has 0 aliphatic carbocycles. The van der Waals surface area contributed by atoms with Crippen LogP contribution in [-0.2, 0) is 29.6 Å². The van der Waals surface area contributed by atoms with Gasteiger partial charge < -0.3 is 10.6 Å². The number of hydrogen-bond donors (Lipinski definition) is 8. The first-order chi connectivity index (χ1) is 27.8. The summed E-state index contributed by atoms with van der Waals surface area (Å²) in [5.41, 5.74) is 6.24. The molecule has 18 heteroatoms. The molecule has 302 valence electrons. The van der Waals surface area contributed by atoms with E-state index in [0.717, 1.165) is 22.3 Å². The van der Waals surface area contributed by atoms with E-state index in [2.05, 4.69) is 20.1 Å². The number of hydrogen-bond acceptors (Lipinski definition) is 10. The Labute approximate surface area is 334 Å². The second kappa shape index (κ2) is 19.7. The summed E-state index contributed by atoms with van der Waals surface area (Å²) in [7, 11) is -8.46. The topological polar surface area (TPSA) is 249 Å². The van der Waals surface area contributed by atoms with Gasteiger partial charge in [-0.25, -0.2) is 27.8 Å². The molecular formula is C40H40N6O10S2. The molecule has 58 heavy (non-hydrogen) atoms. The summed E-state index contributed by atoms with van der Waals surface area (Å²) in [5, 5.41) is 23.6. The fourth-order valence-corrected chi connectivity index (χ4v) is 8.19. The van der Waals surface area contributed by atoms with Gasteiger partial charge >= 0.3 is 0 Å². The van der Waals surface area contributed by atoms with Crippen molar-refractivity contribution >= 4 is 43.7 Å². The Hall–Kier alpha value is -6.28. The summed E-state index contributed by atoms with van der Waals surface area (Å²) in [6.07, 6.45) is -0.518. The van der Waals surface area contributed by atoms with Crippen LogP contribution in [0.5, 0.6) is 0 Å². The van der Waals surface area contributed by atoms with Crippen LogP contribution < -0.4 is 31.0 Å². The highest BCUT2D eigenvalue weighted by Gasteiger charge is 2.27. The molecular weight excluding hydrogens is 789 g/mol. The summed E-state index contributed by atoms with van der Waals surface area (Å²) in [6, 6.07) is 33.1. The van der Waals surface area contributed by atoms with Crippen LogP contribution in [0.15, 0.2) is 143 Å². The molecule has 0 fully saturated rings. The van der Waals surface area contributed by atoms with Crippen LogP contribution in [0.25, 0.3) is 22.3 Å². The van der Waals surface area contributed by atoms with E-state index >= 15 is 0 Å². The van der Waals surface area contributed by atoms with Crippen molar-refractivity contribution in [3.05, 3.63) is 145 Å². The molecule has 0 spiro atoms. The van der Waals surface area contributed by atoms with E-state index in [-0.39, 0.29) is 46.8 Å². The van der Waals surface area contributed by atoms with Crippen molar-refractivity contribution < 1.29 is 46.4 Å². The van der Waals surface area contributed by atoms with Crippen molar-refractivity contribution in [1.82, 2.24) is 31.0 Å². The van der Waals surface area contributed by atoms with Crippen molar-refractivity contribution in [1.29, 1.82) is 0 Å². The molecule has 0 heterocycles. The largest absolute Gasteiger partial charge is 0.352 e. The highest BCUT2D eigenvalue weighted by atomic mass is 32.2. The van der Waals surface area contributed by atoms with Crippen LogP contribution >= 0.6 is 0 Å². The van der Waals surface area contributed by atoms with Gasteiger partial charge in [-0.1, -0.05) is 91.0 Å². The maximum atomic E-state index is 13.1. The number of benzene rings is 5. The molecule has 0 bridgehead atoms. The van der Waals surface area contributed by atoms with E-state index in [9.17, 15) is 46.4 Å². The molecule has 0 saturated carbocycles. The van der Waals surface area contributed by atoms with Gasteiger partial charge in [0.05, 0.1) is 9.79 Å². The molecule has 8 N–H and O–H groups in total. The number of hydroxylamine groups is 2. The molecule has 5 aromatic carbocycles. The first-order valence-electron chi connectivity index (χ1n) is 17.7. The number of carbonyl (C=O) groups is 4. The fraction of sp³-hybridized carbons (Fsp3) is 0.150. The summed E-state index contributed by atoms with van der Waals surface area (Å²) in [4.78, 5) is 50.5. The second-order valence-electron chi connectivity index (χ2n) is 12.8. The normalized spacial score (nSPS) is 12.4. The quantitative estimate of drug-likeness (QED) is 0.0474. The van der Waals surface area contributed by atoms with E-state index in [4.69, 9.17) is 0 Å². The molecule has 5 rings (SSSR count). The van der Waals surface area contributed by atoms with Gasteiger partial charge in [-0.15, -0.1) is 0 Å². The summed E-state index contributed by atoms with van der Waals surface area (Å²) < 4.78 is 56.9. The Morgan fingerprint density at radius 3 is 1.16 bits per heavy atom. The first kappa shape index (κ1) is 42.9. The van der Waals surface area contributed by atoms with Gasteiger partial charge in [-0.3, -0.25) is 29.6 Å². The first-order valence-corrected chi connectivity index (χ1v) is 20.7. The monoisotopic (exact) mass is 828 g/mol. The number of sulfonamides is 2. The number of amides is 4. The molecule has 16 nitrogen and oxygen atoms in total. The molecule has 2 atom stereocenters. The molecule has 0 aliphatic rings. The molecule has 0 aliphatic heterocycles. The summed E-state index contributed by atoms with van der Waals surface area (Å²) >= 11 is 0. The van der Waals surface area contributed by atoms with E-state index in [1.807, 2.05) is 60.7 Å². The zero-order valence-corrected chi connectivity index (χ0v) is 32.3. The smallest absolute Gasteiger partial charge is 0.261 e. The van der Waals surface area contributed by atoms with Crippen LogP contribution in [0.2, 0.25) is 0 Å². The fourth-order valence-electron chi connectivity index (χ4n) is 5.73. The minimum Gasteiger partial charge on any atom is -0.352 e. The maximum Gasteiger partial charge on any atom is 0.261 e. The molecule has 0 unspecified atom stereocenters. The van der Waals surface area contributed by atoms with Crippen LogP contribution in [0.4, 0.5) is 0 Å². The zero-order chi connectivity index (χ0) is 41.7. The standard InChI is InChI=1S/C40H40N6O10S2/c47-37(41-24-22-35(39(49)43-51)45-57(53,54)33-18-14-29(15-19-33)27-8-3-1-4-9-27)31-12-7-13-32(26-31)38(48)42-25-23-36(40(50)44-52)46-58(55,56)34-20-16-30(17-21-34)28-10-5-2-6-11-28/h1-21,26,35-36,45-46,51-52H,22-25H2,(H,41,47)(H,42,48)(H,43,49)(H,44,50)/t35-,36-/m1/s1. The Balaban J connectivity index is 1.13. The van der Waals surface area contributed by atoms with Crippen molar-refractivity contribution in [2.24, 2.45) is 0 Å². The van der Waals surface area contributed by atoms with Gasteiger partial charge in [-0.2, -0.15) is 9.44 Å². The van der Waals surface area contributed by atoms with Gasteiger partial charge in [0.1, 0.15) is 12.1 Å². The Kier molecular flexibility index (Phi) is 14.6. The average Bonchev–Trinajstić information content (AvgIpc) is 3.25. The maximum absolute atomic E-state index is 13.1. The van der Waals surface area contributed by atoms with Crippen LogP contribution in [-0.4, -0.2) is 76.1 Å². The number of carbonyl (C=O) groups excluding carboxylic acids is 4. The van der Waals surface area contributed by atoms with E-state index in [1.54, 1.807) is 24.3 Å². The minimum absolute atomic E-state index is 0.0403. The zero-order valence-electron chi connectivity index (χ0n) is 30.7. The third-order valence-electron chi connectivity index (χ3n) is 8.82. The summed E-state index contributed by atoms with van der Waals surface area (Å²) in [6.45, 7) is -0.436. The SMILES string of the molecule is O=C(NCC[C@@H](NS(=O)(=O)c1ccc(-c2ccccc2)cc1)C(=O)NO)c1cccc(C(=O)NCC[C@@H](NS(=O)(=O)c2ccc(-c3ccccc3)cc2)C(=O)NO)c1. The third-order valence-corrected chi connectivity index (χ3v) is 11.8. The lowest BCUT2D eigenvalue weighted by atomic mass is 10.1. The van der Waals surface area contributed by atoms with Crippen molar-refractivity contribution in [2.45, 2.75) is 34.7 Å². The van der Waals surface area contributed by atoms with Crippen LogP contribution in [0.1, 0.15) is 33.6 Å². The Bertz CT molecular complexity index is 2270. The van der Waals surface area contributed by atoms with Crippen molar-refractivity contribution in [3.8, 4) is 22.3 Å². The van der Waals surface area contributed by atoms with Crippen LogP contribution in [0.3, 0.4) is 0 Å². The molecule has 0 radical (unpaired) electrons. The van der Waals surface area contributed by atoms with Gasteiger partial charge in [0.25, 0.3) is 23.6 Å². The molecule has 5 aromatic rings. The van der Waals surface area contributed by atoms with Crippen molar-refractivity contribution in [3.63, 3.8) is 0 Å². The number of rotatable bonds is 18.